The van der Waals surface area contributed by atoms with Gasteiger partial charge in [0.1, 0.15) is 5.82 Å². The van der Waals surface area contributed by atoms with Gasteiger partial charge in [-0.1, -0.05) is 6.07 Å². The van der Waals surface area contributed by atoms with Crippen LogP contribution in [0.25, 0.3) is 0 Å². The van der Waals surface area contributed by atoms with Crippen LogP contribution in [0.3, 0.4) is 0 Å². The van der Waals surface area contributed by atoms with Crippen LogP contribution in [0.4, 0.5) is 5.82 Å². The van der Waals surface area contributed by atoms with Gasteiger partial charge < -0.3 is 10.2 Å². The molecule has 1 N–H and O–H groups in total. The summed E-state index contributed by atoms with van der Waals surface area (Å²) in [5.41, 5.74) is 0. The van der Waals surface area contributed by atoms with Crippen LogP contribution in [0.2, 0.25) is 0 Å². The zero-order chi connectivity index (χ0) is 10.5. The minimum Gasteiger partial charge on any atom is -0.359 e. The van der Waals surface area contributed by atoms with Gasteiger partial charge in [0.2, 0.25) is 0 Å². The van der Waals surface area contributed by atoms with Crippen LogP contribution in [0.15, 0.2) is 24.4 Å². The van der Waals surface area contributed by atoms with Crippen molar-refractivity contribution in [3.05, 3.63) is 24.4 Å². The molecule has 2 heterocycles. The minimum atomic E-state index is 0.769. The average Bonchev–Trinajstić information content (AvgIpc) is 2.31. The molecule has 0 aliphatic carbocycles. The third kappa shape index (κ3) is 2.93. The lowest BCUT2D eigenvalue weighted by molar-refractivity contribution is 0.380. The molecule has 0 amide bonds. The molecule has 15 heavy (non-hydrogen) atoms. The van der Waals surface area contributed by atoms with E-state index in [4.69, 9.17) is 0 Å². The summed E-state index contributed by atoms with van der Waals surface area (Å²) in [7, 11) is 2.12. The number of nitrogens with zero attached hydrogens (tertiary/aromatic N) is 2. The largest absolute Gasteiger partial charge is 0.359 e. The zero-order valence-corrected chi connectivity index (χ0v) is 9.32. The van der Waals surface area contributed by atoms with Gasteiger partial charge in [-0.05, 0) is 44.0 Å². The number of anilines is 1. The number of pyridine rings is 1. The van der Waals surface area contributed by atoms with Crippen LogP contribution in [0.5, 0.6) is 0 Å². The van der Waals surface area contributed by atoms with Gasteiger partial charge in [-0.15, -0.1) is 0 Å². The van der Waals surface area contributed by atoms with Crippen LogP contribution >= 0.6 is 0 Å². The van der Waals surface area contributed by atoms with Gasteiger partial charge in [-0.2, -0.15) is 0 Å². The second kappa shape index (κ2) is 5.12. The van der Waals surface area contributed by atoms with Gasteiger partial charge >= 0.3 is 0 Å². The Morgan fingerprint density at radius 1 is 1.53 bits per heavy atom. The second-order valence-electron chi connectivity index (χ2n) is 4.28. The van der Waals surface area contributed by atoms with Gasteiger partial charge in [-0.3, -0.25) is 0 Å². The standard InChI is InChI=1S/C12H19N3/c1-15(12-6-2-3-8-14-12)10-11-5-4-7-13-9-11/h2-3,6,8,11,13H,4-5,7,9-10H2,1H3/t11-/m1/s1. The average molecular weight is 205 g/mol. The Labute approximate surface area is 91.5 Å². The van der Waals surface area contributed by atoms with Crippen LogP contribution < -0.4 is 10.2 Å². The van der Waals surface area contributed by atoms with E-state index in [9.17, 15) is 0 Å². The smallest absolute Gasteiger partial charge is 0.128 e. The van der Waals surface area contributed by atoms with E-state index in [1.54, 1.807) is 0 Å². The van der Waals surface area contributed by atoms with Gasteiger partial charge in [0, 0.05) is 19.8 Å². The number of piperidine rings is 1. The summed E-state index contributed by atoms with van der Waals surface area (Å²) in [6, 6.07) is 6.06. The van der Waals surface area contributed by atoms with Crippen LogP contribution in [-0.4, -0.2) is 31.7 Å². The van der Waals surface area contributed by atoms with Crippen molar-refractivity contribution < 1.29 is 0 Å². The minimum absolute atomic E-state index is 0.769. The third-order valence-electron chi connectivity index (χ3n) is 2.97. The lowest BCUT2D eigenvalue weighted by Crippen LogP contribution is -2.37. The molecule has 1 atom stereocenters. The number of rotatable bonds is 3. The lowest BCUT2D eigenvalue weighted by atomic mass is 9.99. The van der Waals surface area contributed by atoms with Gasteiger partial charge in [-0.25, -0.2) is 4.98 Å². The van der Waals surface area contributed by atoms with Crippen LogP contribution in [0, 0.1) is 5.92 Å². The highest BCUT2D eigenvalue weighted by atomic mass is 15.2. The Bertz CT molecular complexity index is 280. The van der Waals surface area contributed by atoms with Crippen molar-refractivity contribution in [2.45, 2.75) is 12.8 Å². The number of hydrogen-bond acceptors (Lipinski definition) is 3. The molecule has 0 saturated carbocycles. The summed E-state index contributed by atoms with van der Waals surface area (Å²) < 4.78 is 0. The van der Waals surface area contributed by atoms with Gasteiger partial charge in [0.05, 0.1) is 0 Å². The first kappa shape index (κ1) is 10.4. The van der Waals surface area contributed by atoms with Crippen LogP contribution in [-0.2, 0) is 0 Å². The molecule has 1 aliphatic heterocycles. The molecule has 1 aromatic rings. The maximum absolute atomic E-state index is 4.35. The van der Waals surface area contributed by atoms with Crippen molar-refractivity contribution in [1.82, 2.24) is 10.3 Å². The van der Waals surface area contributed by atoms with Gasteiger partial charge in [0.15, 0.2) is 0 Å². The number of aromatic nitrogens is 1. The van der Waals surface area contributed by atoms with E-state index in [2.05, 4.69) is 28.3 Å². The first-order chi connectivity index (χ1) is 7.36. The van der Waals surface area contributed by atoms with Crippen LogP contribution in [0.1, 0.15) is 12.8 Å². The molecule has 0 radical (unpaired) electrons. The summed E-state index contributed by atoms with van der Waals surface area (Å²) in [6.45, 7) is 3.44. The Hall–Kier alpha value is -1.09. The Kier molecular flexibility index (Phi) is 3.56. The quantitative estimate of drug-likeness (QED) is 0.811. The molecule has 0 bridgehead atoms. The Morgan fingerprint density at radius 2 is 2.47 bits per heavy atom. The molecular formula is C12H19N3. The highest BCUT2D eigenvalue weighted by Crippen LogP contribution is 2.14. The molecule has 1 aromatic heterocycles. The van der Waals surface area contributed by atoms with E-state index >= 15 is 0 Å². The molecule has 3 nitrogen and oxygen atoms in total. The maximum atomic E-state index is 4.35. The molecule has 2 rings (SSSR count). The Balaban J connectivity index is 1.88. The molecule has 0 spiro atoms. The molecular weight excluding hydrogens is 186 g/mol. The molecule has 1 saturated heterocycles. The van der Waals surface area contributed by atoms with Crippen molar-refractivity contribution in [2.75, 3.05) is 31.6 Å². The van der Waals surface area contributed by atoms with E-state index in [0.717, 1.165) is 24.8 Å². The normalized spacial score (nSPS) is 21.3. The second-order valence-corrected chi connectivity index (χ2v) is 4.28. The Morgan fingerprint density at radius 3 is 3.13 bits per heavy atom. The zero-order valence-electron chi connectivity index (χ0n) is 9.32. The monoisotopic (exact) mass is 205 g/mol. The van der Waals surface area contributed by atoms with Crippen molar-refractivity contribution in [2.24, 2.45) is 5.92 Å². The summed E-state index contributed by atoms with van der Waals surface area (Å²) in [6.07, 6.45) is 4.50. The van der Waals surface area contributed by atoms with Crippen molar-refractivity contribution in [3.63, 3.8) is 0 Å². The van der Waals surface area contributed by atoms with E-state index in [1.165, 1.54) is 19.4 Å². The van der Waals surface area contributed by atoms with E-state index in [0.29, 0.717) is 0 Å². The fourth-order valence-electron chi connectivity index (χ4n) is 2.14. The van der Waals surface area contributed by atoms with Crippen molar-refractivity contribution in [3.8, 4) is 0 Å². The highest BCUT2D eigenvalue weighted by molar-refractivity contribution is 5.36. The van der Waals surface area contributed by atoms with Crippen molar-refractivity contribution >= 4 is 5.82 Å². The number of hydrogen-bond donors (Lipinski definition) is 1. The van der Waals surface area contributed by atoms with E-state index in [-0.39, 0.29) is 0 Å². The SMILES string of the molecule is CN(C[C@@H]1CCCNC1)c1ccccn1. The molecule has 0 unspecified atom stereocenters. The molecule has 82 valence electrons. The summed E-state index contributed by atoms with van der Waals surface area (Å²) in [4.78, 5) is 6.60. The topological polar surface area (TPSA) is 28.2 Å². The predicted molar refractivity (Wildman–Crippen MR) is 63.1 cm³/mol. The summed E-state index contributed by atoms with van der Waals surface area (Å²) in [5, 5.41) is 3.44. The summed E-state index contributed by atoms with van der Waals surface area (Å²) >= 11 is 0. The third-order valence-corrected chi connectivity index (χ3v) is 2.97. The molecule has 3 heteroatoms. The molecule has 0 aromatic carbocycles. The fourth-order valence-corrected chi connectivity index (χ4v) is 2.14. The molecule has 1 aliphatic rings. The number of nitrogens with one attached hydrogen (secondary N) is 1. The summed E-state index contributed by atoms with van der Waals surface area (Å²) in [5.74, 6) is 1.84. The van der Waals surface area contributed by atoms with Gasteiger partial charge in [0.25, 0.3) is 0 Å². The lowest BCUT2D eigenvalue weighted by Gasteiger charge is -2.28. The maximum Gasteiger partial charge on any atom is 0.128 e. The van der Waals surface area contributed by atoms with Crippen molar-refractivity contribution in [1.29, 1.82) is 0 Å². The first-order valence-electron chi connectivity index (χ1n) is 5.69. The van der Waals surface area contributed by atoms with E-state index < -0.39 is 0 Å². The first-order valence-corrected chi connectivity index (χ1v) is 5.69. The fraction of sp³-hybridized carbons (Fsp3) is 0.583. The predicted octanol–water partition coefficient (Wildman–Crippen LogP) is 1.52. The highest BCUT2D eigenvalue weighted by Gasteiger charge is 2.15. The molecule has 1 fully saturated rings. The van der Waals surface area contributed by atoms with E-state index in [1.807, 2.05) is 18.3 Å².